The average molecular weight is 360 g/mol. The Bertz CT molecular complexity index is 862. The Hall–Kier alpha value is -2.92. The van der Waals surface area contributed by atoms with E-state index in [4.69, 9.17) is 4.74 Å². The third-order valence-electron chi connectivity index (χ3n) is 4.99. The van der Waals surface area contributed by atoms with Crippen molar-refractivity contribution in [3.05, 3.63) is 72.6 Å². The molecule has 0 unspecified atom stereocenters. The van der Waals surface area contributed by atoms with Crippen LogP contribution < -0.4 is 9.64 Å². The summed E-state index contributed by atoms with van der Waals surface area (Å²) in [7, 11) is 1.74. The summed E-state index contributed by atoms with van der Waals surface area (Å²) in [5, 5.41) is 0. The summed E-state index contributed by atoms with van der Waals surface area (Å²) in [6.07, 6.45) is 3.60. The van der Waals surface area contributed by atoms with Crippen molar-refractivity contribution in [1.29, 1.82) is 0 Å². The number of nitrogens with zero attached hydrogens (tertiary/aromatic N) is 4. The highest BCUT2D eigenvalue weighted by Gasteiger charge is 2.20. The van der Waals surface area contributed by atoms with Crippen molar-refractivity contribution in [3.8, 4) is 16.9 Å². The molecule has 5 nitrogen and oxygen atoms in total. The van der Waals surface area contributed by atoms with Crippen LogP contribution in [0.5, 0.6) is 5.75 Å². The molecule has 2 heterocycles. The molecule has 0 saturated carbocycles. The van der Waals surface area contributed by atoms with Crippen LogP contribution >= 0.6 is 0 Å². The first kappa shape index (κ1) is 17.5. The lowest BCUT2D eigenvalue weighted by atomic mass is 10.0. The van der Waals surface area contributed by atoms with Gasteiger partial charge in [-0.2, -0.15) is 0 Å². The summed E-state index contributed by atoms with van der Waals surface area (Å²) in [5.41, 5.74) is 3.68. The molecule has 1 fully saturated rings. The monoisotopic (exact) mass is 360 g/mol. The standard InChI is InChI=1S/C22H24N4O/c1-27-21-9-8-19(18-6-3-2-4-7-18)16-20(21)17-25-12-14-26(15-13-25)22-23-10-5-11-24-22/h2-11,16H,12-15,17H2,1H3. The summed E-state index contributed by atoms with van der Waals surface area (Å²) in [4.78, 5) is 13.4. The molecule has 27 heavy (non-hydrogen) atoms. The Kier molecular flexibility index (Phi) is 5.30. The van der Waals surface area contributed by atoms with Crippen molar-refractivity contribution in [2.75, 3.05) is 38.2 Å². The lowest BCUT2D eigenvalue weighted by Crippen LogP contribution is -2.46. The summed E-state index contributed by atoms with van der Waals surface area (Å²) in [5.74, 6) is 1.77. The molecule has 0 atom stereocenters. The van der Waals surface area contributed by atoms with Gasteiger partial charge in [0.25, 0.3) is 0 Å². The van der Waals surface area contributed by atoms with Crippen LogP contribution in [0.15, 0.2) is 67.0 Å². The van der Waals surface area contributed by atoms with Crippen LogP contribution in [0.1, 0.15) is 5.56 Å². The number of aromatic nitrogens is 2. The van der Waals surface area contributed by atoms with E-state index in [0.717, 1.165) is 44.4 Å². The highest BCUT2D eigenvalue weighted by atomic mass is 16.5. The number of methoxy groups -OCH3 is 1. The van der Waals surface area contributed by atoms with Crippen LogP contribution in [-0.4, -0.2) is 48.2 Å². The average Bonchev–Trinajstić information content (AvgIpc) is 2.75. The maximum atomic E-state index is 5.61. The van der Waals surface area contributed by atoms with Crippen molar-refractivity contribution < 1.29 is 4.74 Å². The molecule has 138 valence electrons. The Morgan fingerprint density at radius 2 is 1.59 bits per heavy atom. The minimum absolute atomic E-state index is 0.820. The molecular weight excluding hydrogens is 336 g/mol. The van der Waals surface area contributed by atoms with E-state index in [1.165, 1.54) is 16.7 Å². The minimum atomic E-state index is 0.820. The van der Waals surface area contributed by atoms with E-state index in [0.29, 0.717) is 0 Å². The van der Waals surface area contributed by atoms with Gasteiger partial charge in [-0.05, 0) is 29.3 Å². The van der Waals surface area contributed by atoms with Gasteiger partial charge in [-0.25, -0.2) is 9.97 Å². The quantitative estimate of drug-likeness (QED) is 0.697. The van der Waals surface area contributed by atoms with Gasteiger partial charge in [0, 0.05) is 50.7 Å². The molecule has 1 aliphatic rings. The molecular formula is C22H24N4O. The molecule has 0 radical (unpaired) electrons. The van der Waals surface area contributed by atoms with Crippen molar-refractivity contribution in [2.45, 2.75) is 6.54 Å². The second-order valence-corrected chi connectivity index (χ2v) is 6.70. The predicted octanol–water partition coefficient (Wildman–Crippen LogP) is 3.47. The van der Waals surface area contributed by atoms with Crippen LogP contribution in [-0.2, 0) is 6.54 Å². The van der Waals surface area contributed by atoms with E-state index in [9.17, 15) is 0 Å². The molecule has 0 bridgehead atoms. The molecule has 4 rings (SSSR count). The first-order valence-corrected chi connectivity index (χ1v) is 9.30. The maximum absolute atomic E-state index is 5.61. The van der Waals surface area contributed by atoms with E-state index in [-0.39, 0.29) is 0 Å². The first-order chi connectivity index (χ1) is 13.3. The number of hydrogen-bond acceptors (Lipinski definition) is 5. The topological polar surface area (TPSA) is 41.5 Å². The van der Waals surface area contributed by atoms with Gasteiger partial charge in [0.15, 0.2) is 0 Å². The fourth-order valence-electron chi connectivity index (χ4n) is 3.51. The third-order valence-corrected chi connectivity index (χ3v) is 4.99. The zero-order chi connectivity index (χ0) is 18.5. The van der Waals surface area contributed by atoms with Crippen molar-refractivity contribution >= 4 is 5.95 Å². The molecule has 0 aliphatic carbocycles. The summed E-state index contributed by atoms with van der Waals surface area (Å²) in [6.45, 7) is 4.72. The van der Waals surface area contributed by atoms with Crippen molar-refractivity contribution in [1.82, 2.24) is 14.9 Å². The number of ether oxygens (including phenoxy) is 1. The van der Waals surface area contributed by atoms with Crippen LogP contribution in [0.4, 0.5) is 5.95 Å². The number of piperazine rings is 1. The van der Waals surface area contributed by atoms with Gasteiger partial charge in [-0.3, -0.25) is 4.90 Å². The van der Waals surface area contributed by atoms with Gasteiger partial charge < -0.3 is 9.64 Å². The van der Waals surface area contributed by atoms with Gasteiger partial charge in [0.1, 0.15) is 5.75 Å². The largest absolute Gasteiger partial charge is 0.496 e. The summed E-state index contributed by atoms with van der Waals surface area (Å²) >= 11 is 0. The predicted molar refractivity (Wildman–Crippen MR) is 108 cm³/mol. The molecule has 1 aliphatic heterocycles. The first-order valence-electron chi connectivity index (χ1n) is 9.30. The number of benzene rings is 2. The third kappa shape index (κ3) is 4.09. The number of anilines is 1. The van der Waals surface area contributed by atoms with E-state index in [1.807, 2.05) is 12.1 Å². The lowest BCUT2D eigenvalue weighted by molar-refractivity contribution is 0.245. The van der Waals surface area contributed by atoms with E-state index in [2.05, 4.69) is 62.2 Å². The molecule has 5 heteroatoms. The SMILES string of the molecule is COc1ccc(-c2ccccc2)cc1CN1CCN(c2ncccn2)CC1. The van der Waals surface area contributed by atoms with Gasteiger partial charge in [-0.15, -0.1) is 0 Å². The molecule has 1 saturated heterocycles. The highest BCUT2D eigenvalue weighted by Crippen LogP contribution is 2.28. The molecule has 1 aromatic heterocycles. The fourth-order valence-corrected chi connectivity index (χ4v) is 3.51. The smallest absolute Gasteiger partial charge is 0.225 e. The molecule has 0 amide bonds. The van der Waals surface area contributed by atoms with Crippen molar-refractivity contribution in [2.24, 2.45) is 0 Å². The molecule has 0 spiro atoms. The van der Waals surface area contributed by atoms with Crippen LogP contribution in [0.3, 0.4) is 0 Å². The molecule has 0 N–H and O–H groups in total. The van der Waals surface area contributed by atoms with Crippen LogP contribution in [0, 0.1) is 0 Å². The van der Waals surface area contributed by atoms with Gasteiger partial charge in [-0.1, -0.05) is 36.4 Å². The normalized spacial score (nSPS) is 14.9. The van der Waals surface area contributed by atoms with Gasteiger partial charge in [0.2, 0.25) is 5.95 Å². The minimum Gasteiger partial charge on any atom is -0.496 e. The maximum Gasteiger partial charge on any atom is 0.225 e. The highest BCUT2D eigenvalue weighted by molar-refractivity contribution is 5.65. The Labute approximate surface area is 160 Å². The van der Waals surface area contributed by atoms with Crippen molar-refractivity contribution in [3.63, 3.8) is 0 Å². The second-order valence-electron chi connectivity index (χ2n) is 6.70. The van der Waals surface area contributed by atoms with E-state index in [1.54, 1.807) is 19.5 Å². The lowest BCUT2D eigenvalue weighted by Gasteiger charge is -2.34. The zero-order valence-electron chi connectivity index (χ0n) is 15.6. The number of hydrogen-bond donors (Lipinski definition) is 0. The Morgan fingerprint density at radius 1 is 0.852 bits per heavy atom. The van der Waals surface area contributed by atoms with Gasteiger partial charge in [0.05, 0.1) is 7.11 Å². The molecule has 2 aromatic carbocycles. The molecule has 3 aromatic rings. The van der Waals surface area contributed by atoms with Gasteiger partial charge >= 0.3 is 0 Å². The number of rotatable bonds is 5. The van der Waals surface area contributed by atoms with E-state index >= 15 is 0 Å². The Balaban J connectivity index is 1.46. The second kappa shape index (κ2) is 8.18. The van der Waals surface area contributed by atoms with E-state index < -0.39 is 0 Å². The van der Waals surface area contributed by atoms with Crippen LogP contribution in [0.25, 0.3) is 11.1 Å². The Morgan fingerprint density at radius 3 is 2.30 bits per heavy atom. The summed E-state index contributed by atoms with van der Waals surface area (Å²) in [6, 6.07) is 18.8. The fraction of sp³-hybridized carbons (Fsp3) is 0.273. The zero-order valence-corrected chi connectivity index (χ0v) is 15.6. The van der Waals surface area contributed by atoms with Crippen LogP contribution in [0.2, 0.25) is 0 Å². The summed E-state index contributed by atoms with van der Waals surface area (Å²) < 4.78 is 5.61.